The van der Waals surface area contributed by atoms with Crippen LogP contribution in [0.3, 0.4) is 0 Å². The maximum atomic E-state index is 11.5. The maximum absolute atomic E-state index is 11.5. The molecule has 122 valence electrons. The Kier molecular flexibility index (Phi) is 3.65. The molecular formula is C21H16N2O2. The molecule has 0 saturated heterocycles. The summed E-state index contributed by atoms with van der Waals surface area (Å²) < 4.78 is 0. The van der Waals surface area contributed by atoms with E-state index in [0.717, 1.165) is 39.3 Å². The Hall–Kier alpha value is -3.27. The van der Waals surface area contributed by atoms with Gasteiger partial charge in [-0.3, -0.25) is 9.98 Å². The molecule has 25 heavy (non-hydrogen) atoms. The first-order valence-corrected chi connectivity index (χ1v) is 8.08. The first-order valence-electron chi connectivity index (χ1n) is 8.08. The first kappa shape index (κ1) is 15.3. The number of pyridine rings is 1. The van der Waals surface area contributed by atoms with Crippen molar-refractivity contribution in [3.05, 3.63) is 83.0 Å². The van der Waals surface area contributed by atoms with Gasteiger partial charge in [-0.05, 0) is 47.9 Å². The van der Waals surface area contributed by atoms with Crippen LogP contribution in [0.1, 0.15) is 27.0 Å². The molecule has 1 aliphatic rings. The van der Waals surface area contributed by atoms with Gasteiger partial charge in [-0.1, -0.05) is 30.3 Å². The van der Waals surface area contributed by atoms with E-state index in [-0.39, 0.29) is 0 Å². The highest BCUT2D eigenvalue weighted by atomic mass is 16.4. The highest BCUT2D eigenvalue weighted by Gasteiger charge is 2.22. The summed E-state index contributed by atoms with van der Waals surface area (Å²) in [5.74, 6) is -0.901. The Morgan fingerprint density at radius 1 is 1.04 bits per heavy atom. The van der Waals surface area contributed by atoms with Crippen molar-refractivity contribution in [2.45, 2.75) is 13.3 Å². The van der Waals surface area contributed by atoms with E-state index in [0.29, 0.717) is 12.0 Å². The number of aromatic nitrogens is 1. The molecule has 4 nitrogen and oxygen atoms in total. The second kappa shape index (κ2) is 5.98. The van der Waals surface area contributed by atoms with E-state index in [1.54, 1.807) is 12.3 Å². The molecule has 0 unspecified atom stereocenters. The Balaban J connectivity index is 1.67. The van der Waals surface area contributed by atoms with Crippen molar-refractivity contribution in [2.75, 3.05) is 0 Å². The van der Waals surface area contributed by atoms with Gasteiger partial charge in [-0.25, -0.2) is 4.79 Å². The zero-order valence-electron chi connectivity index (χ0n) is 13.7. The molecule has 0 saturated carbocycles. The highest BCUT2D eigenvalue weighted by molar-refractivity contribution is 6.09. The maximum Gasteiger partial charge on any atom is 0.336 e. The monoisotopic (exact) mass is 328 g/mol. The Morgan fingerprint density at radius 3 is 2.48 bits per heavy atom. The topological polar surface area (TPSA) is 62.5 Å². The number of carbonyl (C=O) groups is 1. The molecule has 0 amide bonds. The van der Waals surface area contributed by atoms with Gasteiger partial charge in [0, 0.05) is 18.2 Å². The average Bonchev–Trinajstić information content (AvgIpc) is 3.05. The third kappa shape index (κ3) is 2.83. The molecule has 4 rings (SSSR count). The standard InChI is InChI=1S/C21H16N2O2/c1-13-10-17(21(24)25)16-12-19(23-20(16)11-13)15-7-5-14(6-8-15)18-4-2-3-9-22-18/h2-11H,12H2,1H3,(H,24,25). The molecule has 4 heteroatoms. The molecule has 0 radical (unpaired) electrons. The second-order valence-corrected chi connectivity index (χ2v) is 6.14. The van der Waals surface area contributed by atoms with Gasteiger partial charge in [-0.15, -0.1) is 0 Å². The van der Waals surface area contributed by atoms with Crippen LogP contribution in [0.2, 0.25) is 0 Å². The van der Waals surface area contributed by atoms with Crippen LogP contribution in [0.25, 0.3) is 11.3 Å². The van der Waals surface area contributed by atoms with Crippen LogP contribution in [0, 0.1) is 6.92 Å². The molecule has 1 N–H and O–H groups in total. The van der Waals surface area contributed by atoms with Crippen molar-refractivity contribution < 1.29 is 9.90 Å². The van der Waals surface area contributed by atoms with E-state index in [4.69, 9.17) is 0 Å². The van der Waals surface area contributed by atoms with Crippen molar-refractivity contribution in [2.24, 2.45) is 4.99 Å². The quantitative estimate of drug-likeness (QED) is 0.773. The number of benzene rings is 2. The number of nitrogens with zero attached hydrogens (tertiary/aromatic N) is 2. The van der Waals surface area contributed by atoms with Crippen LogP contribution in [-0.2, 0) is 6.42 Å². The van der Waals surface area contributed by atoms with Gasteiger partial charge >= 0.3 is 5.97 Å². The third-order valence-corrected chi connectivity index (χ3v) is 4.38. The van der Waals surface area contributed by atoms with Crippen LogP contribution in [0.15, 0.2) is 65.8 Å². The fourth-order valence-corrected chi connectivity index (χ4v) is 3.16. The van der Waals surface area contributed by atoms with Crippen LogP contribution >= 0.6 is 0 Å². The number of hydrogen-bond donors (Lipinski definition) is 1. The van der Waals surface area contributed by atoms with Gasteiger partial charge < -0.3 is 5.11 Å². The van der Waals surface area contributed by atoms with Gasteiger partial charge in [0.2, 0.25) is 0 Å². The molecule has 2 heterocycles. The van der Waals surface area contributed by atoms with Crippen LogP contribution in [0.5, 0.6) is 0 Å². The first-order chi connectivity index (χ1) is 12.1. The smallest absolute Gasteiger partial charge is 0.336 e. The molecule has 2 aromatic carbocycles. The highest BCUT2D eigenvalue weighted by Crippen LogP contribution is 2.33. The van der Waals surface area contributed by atoms with Gasteiger partial charge in [0.25, 0.3) is 0 Å². The summed E-state index contributed by atoms with van der Waals surface area (Å²) in [7, 11) is 0. The van der Waals surface area contributed by atoms with Crippen molar-refractivity contribution in [3.8, 4) is 11.3 Å². The van der Waals surface area contributed by atoms with E-state index in [2.05, 4.69) is 9.98 Å². The summed E-state index contributed by atoms with van der Waals surface area (Å²) in [5.41, 5.74) is 6.69. The lowest BCUT2D eigenvalue weighted by Gasteiger charge is -2.05. The SMILES string of the molecule is Cc1cc2c(c(C(=O)O)c1)CC(c1ccc(-c3ccccn3)cc1)=N2. The largest absolute Gasteiger partial charge is 0.478 e. The van der Waals surface area contributed by atoms with Gasteiger partial charge in [-0.2, -0.15) is 0 Å². The summed E-state index contributed by atoms with van der Waals surface area (Å²) in [6.07, 6.45) is 2.32. The molecule has 0 spiro atoms. The lowest BCUT2D eigenvalue weighted by molar-refractivity contribution is 0.0696. The van der Waals surface area contributed by atoms with E-state index < -0.39 is 5.97 Å². The predicted octanol–water partition coefficient (Wildman–Crippen LogP) is 4.43. The molecular weight excluding hydrogens is 312 g/mol. The second-order valence-electron chi connectivity index (χ2n) is 6.14. The third-order valence-electron chi connectivity index (χ3n) is 4.38. The average molecular weight is 328 g/mol. The zero-order valence-corrected chi connectivity index (χ0v) is 13.7. The lowest BCUT2D eigenvalue weighted by atomic mass is 9.97. The predicted molar refractivity (Wildman–Crippen MR) is 97.7 cm³/mol. The molecule has 0 bridgehead atoms. The number of fused-ring (bicyclic) bond motifs is 1. The fraction of sp³-hybridized carbons (Fsp3) is 0.0952. The molecule has 1 aromatic heterocycles. The van der Waals surface area contributed by atoms with Crippen molar-refractivity contribution in [3.63, 3.8) is 0 Å². The summed E-state index contributed by atoms with van der Waals surface area (Å²) in [6, 6.07) is 17.6. The molecule has 0 aliphatic carbocycles. The van der Waals surface area contributed by atoms with Crippen LogP contribution in [-0.4, -0.2) is 21.8 Å². The summed E-state index contributed by atoms with van der Waals surface area (Å²) >= 11 is 0. The number of hydrogen-bond acceptors (Lipinski definition) is 3. The van der Waals surface area contributed by atoms with Crippen molar-refractivity contribution in [1.82, 2.24) is 4.98 Å². The number of rotatable bonds is 3. The normalized spacial score (nSPS) is 12.6. The Morgan fingerprint density at radius 2 is 1.80 bits per heavy atom. The molecule has 3 aromatic rings. The number of carboxylic acid groups (broad SMARTS) is 1. The molecule has 0 fully saturated rings. The molecule has 0 atom stereocenters. The molecule has 1 aliphatic heterocycles. The zero-order chi connectivity index (χ0) is 17.4. The van der Waals surface area contributed by atoms with Gasteiger partial charge in [0.15, 0.2) is 0 Å². The number of aryl methyl sites for hydroxylation is 1. The number of aromatic carboxylic acids is 1. The minimum absolute atomic E-state index is 0.346. The minimum Gasteiger partial charge on any atom is -0.478 e. The Bertz CT molecular complexity index is 990. The van der Waals surface area contributed by atoms with E-state index >= 15 is 0 Å². The van der Waals surface area contributed by atoms with E-state index in [1.807, 2.05) is 55.5 Å². The number of aliphatic imine (C=N–C) groups is 1. The van der Waals surface area contributed by atoms with Crippen LogP contribution < -0.4 is 0 Å². The fourth-order valence-electron chi connectivity index (χ4n) is 3.16. The lowest BCUT2D eigenvalue weighted by Crippen LogP contribution is -2.05. The van der Waals surface area contributed by atoms with Crippen molar-refractivity contribution in [1.29, 1.82) is 0 Å². The van der Waals surface area contributed by atoms with Gasteiger partial charge in [0.05, 0.1) is 22.7 Å². The summed E-state index contributed by atoms with van der Waals surface area (Å²) in [4.78, 5) is 20.5. The summed E-state index contributed by atoms with van der Waals surface area (Å²) in [5, 5.41) is 9.43. The van der Waals surface area contributed by atoms with Crippen LogP contribution in [0.4, 0.5) is 5.69 Å². The van der Waals surface area contributed by atoms with E-state index in [9.17, 15) is 9.90 Å². The number of carboxylic acids is 1. The van der Waals surface area contributed by atoms with Crippen molar-refractivity contribution >= 4 is 17.4 Å². The Labute approximate surface area is 145 Å². The summed E-state index contributed by atoms with van der Waals surface area (Å²) in [6.45, 7) is 1.89. The minimum atomic E-state index is -0.901. The van der Waals surface area contributed by atoms with E-state index in [1.165, 1.54) is 0 Å². The van der Waals surface area contributed by atoms with Gasteiger partial charge in [0.1, 0.15) is 0 Å².